The molecule has 2 rings (SSSR count). The summed E-state index contributed by atoms with van der Waals surface area (Å²) in [6.45, 7) is 1.54. The fraction of sp³-hybridized carbons (Fsp3) is 0.188. The summed E-state index contributed by atoms with van der Waals surface area (Å²) in [5, 5.41) is 8.60. The zero-order valence-corrected chi connectivity index (χ0v) is 15.2. The number of hydrogen-bond acceptors (Lipinski definition) is 7. The maximum absolute atomic E-state index is 10.9. The van der Waals surface area contributed by atoms with Gasteiger partial charge in [-0.2, -0.15) is 8.42 Å². The van der Waals surface area contributed by atoms with Gasteiger partial charge in [0.25, 0.3) is 10.1 Å². The predicted octanol–water partition coefficient (Wildman–Crippen LogP) is 1.81. The summed E-state index contributed by atoms with van der Waals surface area (Å²) >= 11 is 0. The molecule has 0 radical (unpaired) electrons. The van der Waals surface area contributed by atoms with Crippen LogP contribution in [0.15, 0.2) is 35.2 Å². The number of carboxylic acids is 1. The second-order valence-corrected chi connectivity index (χ2v) is 6.49. The van der Waals surface area contributed by atoms with Crippen molar-refractivity contribution in [3.63, 3.8) is 0 Å². The molecule has 0 aliphatic rings. The van der Waals surface area contributed by atoms with Gasteiger partial charge in [-0.3, -0.25) is 4.55 Å². The van der Waals surface area contributed by atoms with Gasteiger partial charge < -0.3 is 26.0 Å². The number of nitrogen functional groups attached to an aromatic ring is 2. The molecule has 0 amide bonds. The van der Waals surface area contributed by atoms with Crippen molar-refractivity contribution in [3.8, 4) is 11.5 Å². The Kier molecular flexibility index (Phi) is 6.81. The third-order valence-electron chi connectivity index (χ3n) is 3.29. The van der Waals surface area contributed by atoms with E-state index in [9.17, 15) is 13.2 Å². The van der Waals surface area contributed by atoms with Crippen LogP contribution in [0.1, 0.15) is 15.9 Å². The summed E-state index contributed by atoms with van der Waals surface area (Å²) < 4.78 is 40.3. The molecule has 0 heterocycles. The molecule has 2 aromatic rings. The van der Waals surface area contributed by atoms with Gasteiger partial charge in [-0.15, -0.1) is 0 Å². The normalized spacial score (nSPS) is 10.5. The monoisotopic (exact) mass is 384 g/mol. The number of hydrogen-bond donors (Lipinski definition) is 4. The first-order valence-electron chi connectivity index (χ1n) is 7.09. The van der Waals surface area contributed by atoms with Crippen LogP contribution < -0.4 is 20.9 Å². The lowest BCUT2D eigenvalue weighted by Crippen LogP contribution is -2.03. The van der Waals surface area contributed by atoms with Gasteiger partial charge in [-0.25, -0.2) is 4.79 Å². The van der Waals surface area contributed by atoms with Gasteiger partial charge in [0.15, 0.2) is 0 Å². The van der Waals surface area contributed by atoms with Gasteiger partial charge in [-0.05, 0) is 36.8 Å². The number of benzene rings is 2. The third-order valence-corrected chi connectivity index (χ3v) is 4.28. The number of aromatic carboxylic acids is 1. The maximum atomic E-state index is 10.9. The zero-order chi connectivity index (χ0) is 20.1. The Hall–Kier alpha value is -2.98. The molecule has 0 atom stereocenters. The van der Waals surface area contributed by atoms with Crippen molar-refractivity contribution in [3.05, 3.63) is 41.5 Å². The van der Waals surface area contributed by atoms with Crippen LogP contribution in [0.4, 0.5) is 11.4 Å². The van der Waals surface area contributed by atoms with E-state index in [1.165, 1.54) is 44.6 Å². The van der Waals surface area contributed by atoms with Crippen molar-refractivity contribution < 1.29 is 32.3 Å². The lowest BCUT2D eigenvalue weighted by Gasteiger charge is -2.08. The zero-order valence-electron chi connectivity index (χ0n) is 14.4. The van der Waals surface area contributed by atoms with Crippen molar-refractivity contribution in [2.45, 2.75) is 11.8 Å². The Labute approximate surface area is 150 Å². The molecule has 0 spiro atoms. The van der Waals surface area contributed by atoms with Crippen molar-refractivity contribution in [1.82, 2.24) is 0 Å². The summed E-state index contributed by atoms with van der Waals surface area (Å²) in [5.41, 5.74) is 12.3. The number of nitrogens with two attached hydrogens (primary N) is 2. The van der Waals surface area contributed by atoms with Gasteiger partial charge >= 0.3 is 5.97 Å². The summed E-state index contributed by atoms with van der Waals surface area (Å²) in [4.78, 5) is 10.3. The van der Waals surface area contributed by atoms with Gasteiger partial charge in [0.05, 0.1) is 31.2 Å². The Morgan fingerprint density at radius 2 is 1.54 bits per heavy atom. The Morgan fingerprint density at radius 3 is 2.00 bits per heavy atom. The van der Waals surface area contributed by atoms with E-state index in [-0.39, 0.29) is 16.2 Å². The van der Waals surface area contributed by atoms with Crippen molar-refractivity contribution in [1.29, 1.82) is 0 Å². The van der Waals surface area contributed by atoms with Crippen LogP contribution in [-0.2, 0) is 10.1 Å². The Bertz CT molecular complexity index is 911. The predicted molar refractivity (Wildman–Crippen MR) is 96.3 cm³/mol. The molecule has 0 aromatic heterocycles. The molecule has 0 saturated heterocycles. The summed E-state index contributed by atoms with van der Waals surface area (Å²) in [7, 11) is -1.41. The third kappa shape index (κ3) is 5.26. The SMILES string of the molecule is COc1cc(C(=O)O)ccc1N.COc1cc(S(=O)(=O)O)c(C)cc1N. The molecule has 26 heavy (non-hydrogen) atoms. The molecule has 0 saturated carbocycles. The van der Waals surface area contributed by atoms with Crippen LogP contribution in [-0.4, -0.2) is 38.3 Å². The topological polar surface area (TPSA) is 162 Å². The standard InChI is InChI=1S/C8H11NO4S.C8H9NO3/c1-5-3-6(9)7(13-2)4-8(5)14(10,11)12;1-12-7-4-5(8(10)11)2-3-6(7)9/h3-4H,9H2,1-2H3,(H,10,11,12);2-4H,9H2,1H3,(H,10,11). The Balaban J connectivity index is 0.000000263. The average molecular weight is 384 g/mol. The molecule has 0 bridgehead atoms. The van der Waals surface area contributed by atoms with E-state index in [2.05, 4.69) is 0 Å². The minimum absolute atomic E-state index is 0.168. The number of aryl methyl sites for hydroxylation is 1. The minimum Gasteiger partial charge on any atom is -0.495 e. The lowest BCUT2D eigenvalue weighted by molar-refractivity contribution is 0.0696. The number of rotatable bonds is 4. The van der Waals surface area contributed by atoms with E-state index in [0.29, 0.717) is 22.7 Å². The molecule has 10 heteroatoms. The molecule has 0 aliphatic carbocycles. The van der Waals surface area contributed by atoms with Gasteiger partial charge in [-0.1, -0.05) is 0 Å². The van der Waals surface area contributed by atoms with Crippen LogP contribution in [0.2, 0.25) is 0 Å². The quantitative estimate of drug-likeness (QED) is 0.455. The first kappa shape index (κ1) is 21.1. The fourth-order valence-electron chi connectivity index (χ4n) is 1.99. The minimum atomic E-state index is -4.22. The van der Waals surface area contributed by atoms with E-state index >= 15 is 0 Å². The van der Waals surface area contributed by atoms with Crippen LogP contribution >= 0.6 is 0 Å². The molecular formula is C16H20N2O7S. The molecule has 142 valence electrons. The van der Waals surface area contributed by atoms with E-state index in [1.54, 1.807) is 6.92 Å². The Morgan fingerprint density at radius 1 is 1.00 bits per heavy atom. The molecule has 0 fully saturated rings. The maximum Gasteiger partial charge on any atom is 0.335 e. The highest BCUT2D eigenvalue weighted by Gasteiger charge is 2.15. The molecule has 2 aromatic carbocycles. The first-order valence-corrected chi connectivity index (χ1v) is 8.53. The van der Waals surface area contributed by atoms with Gasteiger partial charge in [0, 0.05) is 6.07 Å². The van der Waals surface area contributed by atoms with E-state index in [4.69, 9.17) is 30.6 Å². The van der Waals surface area contributed by atoms with E-state index in [1.807, 2.05) is 0 Å². The van der Waals surface area contributed by atoms with E-state index < -0.39 is 16.1 Å². The fourth-order valence-corrected chi connectivity index (χ4v) is 2.71. The number of carbonyl (C=O) groups is 1. The highest BCUT2D eigenvalue weighted by molar-refractivity contribution is 7.85. The van der Waals surface area contributed by atoms with Crippen LogP contribution in [0, 0.1) is 6.92 Å². The summed E-state index contributed by atoms with van der Waals surface area (Å²) in [6.07, 6.45) is 0. The molecule has 0 unspecified atom stereocenters. The molecule has 6 N–H and O–H groups in total. The first-order chi connectivity index (χ1) is 12.0. The summed E-state index contributed by atoms with van der Waals surface area (Å²) in [5.74, 6) is -0.383. The highest BCUT2D eigenvalue weighted by atomic mass is 32.2. The second-order valence-electron chi connectivity index (χ2n) is 5.10. The van der Waals surface area contributed by atoms with Crippen molar-refractivity contribution in [2.75, 3.05) is 25.7 Å². The van der Waals surface area contributed by atoms with Crippen LogP contribution in [0.25, 0.3) is 0 Å². The van der Waals surface area contributed by atoms with Gasteiger partial charge in [0.1, 0.15) is 16.4 Å². The van der Waals surface area contributed by atoms with Crippen molar-refractivity contribution in [2.24, 2.45) is 0 Å². The second kappa shape index (κ2) is 8.41. The number of carboxylic acid groups (broad SMARTS) is 1. The largest absolute Gasteiger partial charge is 0.495 e. The highest BCUT2D eigenvalue weighted by Crippen LogP contribution is 2.28. The number of ether oxygens (including phenoxy) is 2. The van der Waals surface area contributed by atoms with Crippen molar-refractivity contribution >= 4 is 27.5 Å². The molecular weight excluding hydrogens is 364 g/mol. The lowest BCUT2D eigenvalue weighted by atomic mass is 10.2. The molecule has 0 aliphatic heterocycles. The number of methoxy groups -OCH3 is 2. The summed E-state index contributed by atoms with van der Waals surface area (Å²) in [6, 6.07) is 6.95. The van der Waals surface area contributed by atoms with Crippen LogP contribution in [0.5, 0.6) is 11.5 Å². The molecule has 9 nitrogen and oxygen atoms in total. The average Bonchev–Trinajstić information content (AvgIpc) is 2.54. The van der Waals surface area contributed by atoms with Crippen LogP contribution in [0.3, 0.4) is 0 Å². The smallest absolute Gasteiger partial charge is 0.335 e. The number of anilines is 2. The van der Waals surface area contributed by atoms with E-state index in [0.717, 1.165) is 0 Å². The van der Waals surface area contributed by atoms with Gasteiger partial charge in [0.2, 0.25) is 0 Å².